The summed E-state index contributed by atoms with van der Waals surface area (Å²) < 4.78 is 5.06. The van der Waals surface area contributed by atoms with E-state index in [0.717, 1.165) is 13.2 Å². The van der Waals surface area contributed by atoms with E-state index in [0.29, 0.717) is 6.23 Å². The van der Waals surface area contributed by atoms with Gasteiger partial charge >= 0.3 is 0 Å². The zero-order chi connectivity index (χ0) is 5.11. The van der Waals surface area contributed by atoms with Gasteiger partial charge in [0.25, 0.3) is 0 Å². The average Bonchev–Trinajstić information content (AvgIpc) is 1.55. The van der Waals surface area contributed by atoms with Crippen LogP contribution in [-0.2, 0) is 4.74 Å². The third-order valence-corrected chi connectivity index (χ3v) is 1.13. The van der Waals surface area contributed by atoms with Crippen molar-refractivity contribution in [2.24, 2.45) is 0 Å². The van der Waals surface area contributed by atoms with Crippen LogP contribution in [0.4, 0.5) is 0 Å². The van der Waals surface area contributed by atoms with Gasteiger partial charge in [-0.15, -0.1) is 0 Å². The monoisotopic (exact) mass is 101 g/mol. The highest BCUT2D eigenvalue weighted by molar-refractivity contribution is 4.61. The summed E-state index contributed by atoms with van der Waals surface area (Å²) >= 11 is 0. The van der Waals surface area contributed by atoms with E-state index in [-0.39, 0.29) is 0 Å². The van der Waals surface area contributed by atoms with Crippen LogP contribution in [-0.4, -0.2) is 19.4 Å². The predicted molar refractivity (Wildman–Crippen MR) is 28.0 cm³/mol. The van der Waals surface area contributed by atoms with Crippen LogP contribution in [0, 0.1) is 0 Å². The summed E-state index contributed by atoms with van der Waals surface area (Å²) in [4.78, 5) is 0. The molecule has 0 aliphatic carbocycles. The van der Waals surface area contributed by atoms with Crippen molar-refractivity contribution in [1.29, 1.82) is 0 Å². The van der Waals surface area contributed by atoms with Gasteiger partial charge in [-0.05, 0) is 6.54 Å². The van der Waals surface area contributed by atoms with Crippen LogP contribution in [0.5, 0.6) is 0 Å². The van der Waals surface area contributed by atoms with Gasteiger partial charge in [0.05, 0.1) is 6.61 Å². The van der Waals surface area contributed by atoms with Gasteiger partial charge in [-0.2, -0.15) is 0 Å². The van der Waals surface area contributed by atoms with Crippen LogP contribution in [0.1, 0.15) is 13.3 Å². The molecule has 1 unspecified atom stereocenters. The molecule has 1 rings (SSSR count). The van der Waals surface area contributed by atoms with Crippen molar-refractivity contribution < 1.29 is 4.74 Å². The fourth-order valence-corrected chi connectivity index (χ4v) is 0.624. The maximum Gasteiger partial charge on any atom is 0.110 e. The van der Waals surface area contributed by atoms with E-state index in [1.807, 2.05) is 0 Å². The summed E-state index contributed by atoms with van der Waals surface area (Å²) in [5.74, 6) is 0. The third kappa shape index (κ3) is 1.14. The molecule has 0 aromatic carbocycles. The normalized spacial score (nSPS) is 29.6. The number of nitrogens with one attached hydrogen (secondary N) is 1. The first-order chi connectivity index (χ1) is 3.43. The largest absolute Gasteiger partial charge is 0.363 e. The van der Waals surface area contributed by atoms with Crippen molar-refractivity contribution in [3.8, 4) is 0 Å². The Bertz CT molecular complexity index is 52.0. The van der Waals surface area contributed by atoms with Crippen LogP contribution in [0.2, 0.25) is 0 Å². The molecule has 0 aromatic rings. The molecule has 0 amide bonds. The molecule has 2 heteroatoms. The van der Waals surface area contributed by atoms with Gasteiger partial charge in [-0.25, -0.2) is 0 Å². The Balaban J connectivity index is 1.93. The van der Waals surface area contributed by atoms with Gasteiger partial charge in [0.1, 0.15) is 6.23 Å². The van der Waals surface area contributed by atoms with E-state index >= 15 is 0 Å². The summed E-state index contributed by atoms with van der Waals surface area (Å²) in [7, 11) is 0. The zero-order valence-electron chi connectivity index (χ0n) is 4.61. The lowest BCUT2D eigenvalue weighted by Gasteiger charge is -2.26. The minimum Gasteiger partial charge on any atom is -0.363 e. The Labute approximate surface area is 43.9 Å². The molecule has 0 spiro atoms. The van der Waals surface area contributed by atoms with E-state index in [9.17, 15) is 0 Å². The Morgan fingerprint density at radius 1 is 1.86 bits per heavy atom. The van der Waals surface area contributed by atoms with Crippen LogP contribution in [0.3, 0.4) is 0 Å². The number of rotatable bonds is 2. The van der Waals surface area contributed by atoms with E-state index < -0.39 is 0 Å². The quantitative estimate of drug-likeness (QED) is 0.541. The summed E-state index contributed by atoms with van der Waals surface area (Å²) in [6.07, 6.45) is 1.57. The summed E-state index contributed by atoms with van der Waals surface area (Å²) in [6.45, 7) is 4.05. The van der Waals surface area contributed by atoms with E-state index in [1.165, 1.54) is 6.42 Å². The Morgan fingerprint density at radius 2 is 2.57 bits per heavy atom. The fraction of sp³-hybridized carbons (Fsp3) is 1.00. The molecular weight excluding hydrogens is 90.1 g/mol. The predicted octanol–water partition coefficient (Wildman–Crippen LogP) is 0.342. The Kier molecular flexibility index (Phi) is 1.65. The molecule has 42 valence electrons. The second kappa shape index (κ2) is 2.28. The minimum absolute atomic E-state index is 0.380. The molecule has 0 bridgehead atoms. The van der Waals surface area contributed by atoms with Crippen molar-refractivity contribution >= 4 is 0 Å². The summed E-state index contributed by atoms with van der Waals surface area (Å²) in [5, 5.41) is 3.16. The molecule has 0 radical (unpaired) electrons. The molecule has 1 aliphatic heterocycles. The molecule has 1 fully saturated rings. The molecule has 2 nitrogen and oxygen atoms in total. The standard InChI is InChI=1S/C5H11NO/c1-2-6-5-3-4-7-5/h5-6H,2-4H2,1H3. The van der Waals surface area contributed by atoms with Crippen molar-refractivity contribution in [2.45, 2.75) is 19.6 Å². The first kappa shape index (κ1) is 5.06. The molecule has 1 heterocycles. The van der Waals surface area contributed by atoms with Crippen molar-refractivity contribution in [3.63, 3.8) is 0 Å². The third-order valence-electron chi connectivity index (χ3n) is 1.13. The lowest BCUT2D eigenvalue weighted by atomic mass is 10.3. The summed E-state index contributed by atoms with van der Waals surface area (Å²) in [5.41, 5.74) is 0. The average molecular weight is 101 g/mol. The maximum atomic E-state index is 5.06. The minimum atomic E-state index is 0.380. The second-order valence-electron chi connectivity index (χ2n) is 1.71. The molecule has 0 saturated carbocycles. The first-order valence-electron chi connectivity index (χ1n) is 2.78. The first-order valence-corrected chi connectivity index (χ1v) is 2.78. The lowest BCUT2D eigenvalue weighted by molar-refractivity contribution is -0.0694. The molecule has 1 aliphatic rings. The van der Waals surface area contributed by atoms with Gasteiger partial charge in [-0.3, -0.25) is 5.32 Å². The highest BCUT2D eigenvalue weighted by Crippen LogP contribution is 2.05. The van der Waals surface area contributed by atoms with Crippen LogP contribution in [0.25, 0.3) is 0 Å². The van der Waals surface area contributed by atoms with E-state index in [2.05, 4.69) is 12.2 Å². The Morgan fingerprint density at radius 3 is 2.71 bits per heavy atom. The summed E-state index contributed by atoms with van der Waals surface area (Å²) in [6, 6.07) is 0. The van der Waals surface area contributed by atoms with Gasteiger partial charge in [-0.1, -0.05) is 6.92 Å². The molecule has 1 atom stereocenters. The molecule has 1 N–H and O–H groups in total. The lowest BCUT2D eigenvalue weighted by Crippen LogP contribution is -2.40. The molecule has 0 aromatic heterocycles. The molecule has 7 heavy (non-hydrogen) atoms. The maximum absolute atomic E-state index is 5.06. The van der Waals surface area contributed by atoms with Crippen molar-refractivity contribution in [2.75, 3.05) is 13.2 Å². The fourth-order valence-electron chi connectivity index (χ4n) is 0.624. The van der Waals surface area contributed by atoms with Crippen molar-refractivity contribution in [3.05, 3.63) is 0 Å². The topological polar surface area (TPSA) is 21.3 Å². The Hall–Kier alpha value is -0.0800. The van der Waals surface area contributed by atoms with Crippen LogP contribution < -0.4 is 5.32 Å². The second-order valence-corrected chi connectivity index (χ2v) is 1.71. The zero-order valence-corrected chi connectivity index (χ0v) is 4.61. The van der Waals surface area contributed by atoms with Gasteiger partial charge in [0.2, 0.25) is 0 Å². The molecular formula is C5H11NO. The van der Waals surface area contributed by atoms with Crippen LogP contribution >= 0.6 is 0 Å². The SMILES string of the molecule is CCNC1CCO1. The highest BCUT2D eigenvalue weighted by Gasteiger charge is 2.14. The highest BCUT2D eigenvalue weighted by atomic mass is 16.5. The smallest absolute Gasteiger partial charge is 0.110 e. The van der Waals surface area contributed by atoms with E-state index in [4.69, 9.17) is 4.74 Å². The van der Waals surface area contributed by atoms with Crippen LogP contribution in [0.15, 0.2) is 0 Å². The van der Waals surface area contributed by atoms with Gasteiger partial charge in [0.15, 0.2) is 0 Å². The van der Waals surface area contributed by atoms with Gasteiger partial charge < -0.3 is 4.74 Å². The number of ether oxygens (including phenoxy) is 1. The molecule has 1 saturated heterocycles. The number of hydrogen-bond acceptors (Lipinski definition) is 2. The van der Waals surface area contributed by atoms with Gasteiger partial charge in [0, 0.05) is 6.42 Å². The number of hydrogen-bond donors (Lipinski definition) is 1. The van der Waals surface area contributed by atoms with E-state index in [1.54, 1.807) is 0 Å². The van der Waals surface area contributed by atoms with Crippen molar-refractivity contribution in [1.82, 2.24) is 5.32 Å².